The third-order valence-electron chi connectivity index (χ3n) is 3.51. The van der Waals surface area contributed by atoms with Crippen LogP contribution in [0.1, 0.15) is 5.56 Å². The minimum Gasteiger partial charge on any atom is -0.335 e. The van der Waals surface area contributed by atoms with Gasteiger partial charge in [0.1, 0.15) is 5.82 Å². The van der Waals surface area contributed by atoms with Gasteiger partial charge in [-0.3, -0.25) is 4.79 Å². The normalized spacial score (nSPS) is 10.7. The number of amides is 1. The maximum Gasteiger partial charge on any atom is 0.234 e. The highest BCUT2D eigenvalue weighted by Crippen LogP contribution is 2.23. The standard InChI is InChI=1S/C17H15BrFN5OS/c1-10-2-4-11(5-3-10)16-22-23-17(24(16)20)26-9-15(25)21-14-7-6-12(18)8-13(14)19/h2-8H,9,20H2,1H3,(H,21,25). The Morgan fingerprint density at radius 3 is 2.69 bits per heavy atom. The number of halogens is 2. The molecule has 1 heterocycles. The van der Waals surface area contributed by atoms with E-state index in [-0.39, 0.29) is 17.3 Å². The van der Waals surface area contributed by atoms with Gasteiger partial charge in [-0.2, -0.15) is 0 Å². The summed E-state index contributed by atoms with van der Waals surface area (Å²) in [7, 11) is 0. The molecule has 0 unspecified atom stereocenters. The molecule has 0 fully saturated rings. The molecule has 0 bridgehead atoms. The third kappa shape index (κ3) is 4.23. The number of thioether (sulfide) groups is 1. The van der Waals surface area contributed by atoms with Crippen LogP contribution in [-0.2, 0) is 4.79 Å². The van der Waals surface area contributed by atoms with E-state index in [0.29, 0.717) is 15.5 Å². The molecule has 1 aromatic heterocycles. The largest absolute Gasteiger partial charge is 0.335 e. The topological polar surface area (TPSA) is 85.8 Å². The van der Waals surface area contributed by atoms with Crippen molar-refractivity contribution < 1.29 is 9.18 Å². The number of nitrogens with zero attached hydrogens (tertiary/aromatic N) is 3. The van der Waals surface area contributed by atoms with Crippen LogP contribution in [-0.4, -0.2) is 26.5 Å². The molecule has 0 atom stereocenters. The zero-order valence-corrected chi connectivity index (χ0v) is 16.1. The van der Waals surface area contributed by atoms with E-state index in [1.165, 1.54) is 16.8 Å². The zero-order valence-electron chi connectivity index (χ0n) is 13.7. The SMILES string of the molecule is Cc1ccc(-c2nnc(SCC(=O)Nc3ccc(Br)cc3F)n2N)cc1. The Morgan fingerprint density at radius 2 is 2.00 bits per heavy atom. The van der Waals surface area contributed by atoms with Crippen molar-refractivity contribution in [2.45, 2.75) is 12.1 Å². The molecule has 3 rings (SSSR count). The van der Waals surface area contributed by atoms with E-state index in [1.807, 2.05) is 31.2 Å². The molecule has 0 radical (unpaired) electrons. The number of benzene rings is 2. The summed E-state index contributed by atoms with van der Waals surface area (Å²) in [5, 5.41) is 11.0. The monoisotopic (exact) mass is 435 g/mol. The number of nitrogen functional groups attached to an aromatic ring is 1. The molecule has 0 saturated heterocycles. The highest BCUT2D eigenvalue weighted by atomic mass is 79.9. The zero-order chi connectivity index (χ0) is 18.7. The van der Waals surface area contributed by atoms with Crippen LogP contribution in [0.25, 0.3) is 11.4 Å². The summed E-state index contributed by atoms with van der Waals surface area (Å²) in [4.78, 5) is 12.0. The number of hydrogen-bond acceptors (Lipinski definition) is 5. The van der Waals surface area contributed by atoms with Crippen LogP contribution in [0.5, 0.6) is 0 Å². The van der Waals surface area contributed by atoms with Gasteiger partial charge in [-0.15, -0.1) is 10.2 Å². The lowest BCUT2D eigenvalue weighted by Crippen LogP contribution is -2.17. The molecule has 6 nitrogen and oxygen atoms in total. The maximum absolute atomic E-state index is 13.8. The van der Waals surface area contributed by atoms with Gasteiger partial charge in [0, 0.05) is 10.0 Å². The van der Waals surface area contributed by atoms with Crippen LogP contribution in [0.4, 0.5) is 10.1 Å². The quantitative estimate of drug-likeness (QED) is 0.472. The molecular formula is C17H15BrFN5OS. The molecule has 0 aliphatic carbocycles. The first-order valence-corrected chi connectivity index (χ1v) is 9.37. The Labute approximate surface area is 162 Å². The molecule has 0 saturated carbocycles. The highest BCUT2D eigenvalue weighted by Gasteiger charge is 2.14. The molecule has 1 amide bonds. The average molecular weight is 436 g/mol. The van der Waals surface area contributed by atoms with E-state index in [1.54, 1.807) is 6.07 Å². The van der Waals surface area contributed by atoms with E-state index in [4.69, 9.17) is 5.84 Å². The van der Waals surface area contributed by atoms with Crippen molar-refractivity contribution in [1.82, 2.24) is 14.9 Å². The van der Waals surface area contributed by atoms with Crippen molar-refractivity contribution in [1.29, 1.82) is 0 Å². The number of aryl methyl sites for hydroxylation is 1. The van der Waals surface area contributed by atoms with Gasteiger partial charge < -0.3 is 11.2 Å². The number of nitrogens with two attached hydrogens (primary N) is 1. The molecule has 134 valence electrons. The number of rotatable bonds is 5. The van der Waals surface area contributed by atoms with E-state index in [2.05, 4.69) is 31.4 Å². The van der Waals surface area contributed by atoms with Crippen LogP contribution in [0.2, 0.25) is 0 Å². The fourth-order valence-corrected chi connectivity index (χ4v) is 3.17. The minimum absolute atomic E-state index is 0.0265. The predicted molar refractivity (Wildman–Crippen MR) is 104 cm³/mol. The first-order valence-electron chi connectivity index (χ1n) is 7.59. The van der Waals surface area contributed by atoms with Crippen molar-refractivity contribution in [3.8, 4) is 11.4 Å². The molecule has 9 heteroatoms. The molecule has 3 N–H and O–H groups in total. The number of aromatic nitrogens is 3. The van der Waals surface area contributed by atoms with Crippen LogP contribution in [0, 0.1) is 12.7 Å². The van der Waals surface area contributed by atoms with Gasteiger partial charge in [-0.1, -0.05) is 57.5 Å². The molecule has 26 heavy (non-hydrogen) atoms. The van der Waals surface area contributed by atoms with Gasteiger partial charge in [0.2, 0.25) is 11.1 Å². The van der Waals surface area contributed by atoms with Gasteiger partial charge in [-0.05, 0) is 25.1 Å². The highest BCUT2D eigenvalue weighted by molar-refractivity contribution is 9.10. The van der Waals surface area contributed by atoms with Crippen LogP contribution < -0.4 is 11.2 Å². The van der Waals surface area contributed by atoms with E-state index in [9.17, 15) is 9.18 Å². The van der Waals surface area contributed by atoms with Crippen LogP contribution >= 0.6 is 27.7 Å². The van der Waals surface area contributed by atoms with Gasteiger partial charge in [0.05, 0.1) is 11.4 Å². The van der Waals surface area contributed by atoms with Gasteiger partial charge in [-0.25, -0.2) is 9.07 Å². The lowest BCUT2D eigenvalue weighted by Gasteiger charge is -2.07. The van der Waals surface area contributed by atoms with Crippen molar-refractivity contribution in [2.75, 3.05) is 16.9 Å². The summed E-state index contributed by atoms with van der Waals surface area (Å²) in [5.74, 6) is 5.68. The van der Waals surface area contributed by atoms with E-state index >= 15 is 0 Å². The maximum atomic E-state index is 13.8. The minimum atomic E-state index is -0.513. The summed E-state index contributed by atoms with van der Waals surface area (Å²) in [6.45, 7) is 1.99. The Kier molecular flexibility index (Phi) is 5.58. The van der Waals surface area contributed by atoms with Crippen molar-refractivity contribution in [3.05, 3.63) is 58.3 Å². The van der Waals surface area contributed by atoms with Crippen LogP contribution in [0.3, 0.4) is 0 Å². The lowest BCUT2D eigenvalue weighted by molar-refractivity contribution is -0.113. The number of hydrogen-bond donors (Lipinski definition) is 2. The average Bonchev–Trinajstić information content (AvgIpc) is 2.97. The Balaban J connectivity index is 1.64. The van der Waals surface area contributed by atoms with Crippen molar-refractivity contribution >= 4 is 39.3 Å². The molecule has 3 aromatic rings. The van der Waals surface area contributed by atoms with Gasteiger partial charge >= 0.3 is 0 Å². The van der Waals surface area contributed by atoms with Crippen LogP contribution in [0.15, 0.2) is 52.1 Å². The Hall–Kier alpha value is -2.39. The fourth-order valence-electron chi connectivity index (χ4n) is 2.18. The Bertz CT molecular complexity index is 945. The smallest absolute Gasteiger partial charge is 0.234 e. The first kappa shape index (κ1) is 18.4. The third-order valence-corrected chi connectivity index (χ3v) is 4.95. The molecule has 0 aliphatic heterocycles. The summed E-state index contributed by atoms with van der Waals surface area (Å²) < 4.78 is 15.7. The van der Waals surface area contributed by atoms with E-state index < -0.39 is 5.82 Å². The van der Waals surface area contributed by atoms with Gasteiger partial charge in [0.15, 0.2) is 5.82 Å². The summed E-state index contributed by atoms with van der Waals surface area (Å²) in [5.41, 5.74) is 2.08. The number of nitrogens with one attached hydrogen (secondary N) is 1. The first-order chi connectivity index (χ1) is 12.4. The molecule has 0 spiro atoms. The molecular weight excluding hydrogens is 421 g/mol. The number of carbonyl (C=O) groups is 1. The molecule has 0 aliphatic rings. The lowest BCUT2D eigenvalue weighted by atomic mass is 10.1. The number of carbonyl (C=O) groups excluding carboxylic acids is 1. The number of anilines is 1. The molecule has 2 aromatic carbocycles. The van der Waals surface area contributed by atoms with Gasteiger partial charge in [0.25, 0.3) is 0 Å². The summed E-state index contributed by atoms with van der Waals surface area (Å²) in [6.07, 6.45) is 0. The fraction of sp³-hybridized carbons (Fsp3) is 0.118. The van der Waals surface area contributed by atoms with E-state index in [0.717, 1.165) is 22.9 Å². The second-order valence-electron chi connectivity index (χ2n) is 5.50. The van der Waals surface area contributed by atoms with Crippen molar-refractivity contribution in [3.63, 3.8) is 0 Å². The summed E-state index contributed by atoms with van der Waals surface area (Å²) >= 11 is 4.29. The second kappa shape index (κ2) is 7.88. The van der Waals surface area contributed by atoms with Crippen molar-refractivity contribution in [2.24, 2.45) is 0 Å². The Morgan fingerprint density at radius 1 is 1.27 bits per heavy atom. The second-order valence-corrected chi connectivity index (χ2v) is 7.36. The predicted octanol–water partition coefficient (Wildman–Crippen LogP) is 3.60. The summed E-state index contributed by atoms with van der Waals surface area (Å²) in [6, 6.07) is 12.1.